The molecule has 1 aliphatic heterocycles. The molecule has 0 amide bonds. The molecule has 0 unspecified atom stereocenters. The zero-order valence-corrected chi connectivity index (χ0v) is 13.4. The minimum Gasteiger partial charge on any atom is -0.317 e. The van der Waals surface area contributed by atoms with Crippen LogP contribution in [0.3, 0.4) is 0 Å². The Morgan fingerprint density at radius 2 is 1.37 bits per heavy atom. The molecule has 1 rings (SSSR count). The van der Waals surface area contributed by atoms with Crippen molar-refractivity contribution < 1.29 is 0 Å². The zero-order valence-electron chi connectivity index (χ0n) is 13.4. The van der Waals surface area contributed by atoms with Gasteiger partial charge in [-0.05, 0) is 45.9 Å². The van der Waals surface area contributed by atoms with Gasteiger partial charge in [0.1, 0.15) is 0 Å². The van der Waals surface area contributed by atoms with E-state index >= 15 is 0 Å². The number of piperidine rings is 1. The highest BCUT2D eigenvalue weighted by Crippen LogP contribution is 2.13. The molecule has 0 aliphatic carbocycles. The minimum absolute atomic E-state index is 0.777. The van der Waals surface area contributed by atoms with E-state index in [1.54, 1.807) is 0 Å². The first kappa shape index (κ1) is 17.0. The van der Waals surface area contributed by atoms with Crippen LogP contribution in [0.4, 0.5) is 0 Å². The lowest BCUT2D eigenvalue weighted by Gasteiger charge is -2.31. The molecule has 2 nitrogen and oxygen atoms in total. The summed E-state index contributed by atoms with van der Waals surface area (Å²) in [6.07, 6.45) is 15.6. The summed E-state index contributed by atoms with van der Waals surface area (Å²) in [5.41, 5.74) is 0. The number of hydrogen-bond acceptors (Lipinski definition) is 2. The number of unbranched alkanes of at least 4 members (excludes halogenated alkanes) is 8. The molecular formula is C17H36N2. The van der Waals surface area contributed by atoms with Gasteiger partial charge in [-0.25, -0.2) is 0 Å². The molecule has 0 spiro atoms. The fraction of sp³-hybridized carbons (Fsp3) is 1.00. The summed E-state index contributed by atoms with van der Waals surface area (Å²) >= 11 is 0. The summed E-state index contributed by atoms with van der Waals surface area (Å²) in [4.78, 5) is 2.66. The van der Waals surface area contributed by atoms with E-state index in [4.69, 9.17) is 0 Å². The van der Waals surface area contributed by atoms with Crippen molar-refractivity contribution in [2.75, 3.05) is 26.7 Å². The SMILES string of the molecule is CCCCCCCCCCCN1CCC(NC)CC1. The molecule has 0 aromatic rings. The lowest BCUT2D eigenvalue weighted by atomic mass is 10.0. The molecule has 1 aliphatic rings. The average molecular weight is 268 g/mol. The van der Waals surface area contributed by atoms with Crippen LogP contribution in [0.25, 0.3) is 0 Å². The lowest BCUT2D eigenvalue weighted by Crippen LogP contribution is -2.41. The molecule has 0 atom stereocenters. The third-order valence-electron chi connectivity index (χ3n) is 4.57. The number of nitrogens with zero attached hydrogens (tertiary/aromatic N) is 1. The van der Waals surface area contributed by atoms with E-state index in [0.717, 1.165) is 6.04 Å². The molecule has 0 aromatic carbocycles. The second kappa shape index (κ2) is 11.7. The minimum atomic E-state index is 0.777. The van der Waals surface area contributed by atoms with E-state index in [9.17, 15) is 0 Å². The van der Waals surface area contributed by atoms with Gasteiger partial charge in [0.25, 0.3) is 0 Å². The Morgan fingerprint density at radius 1 is 0.842 bits per heavy atom. The van der Waals surface area contributed by atoms with Gasteiger partial charge < -0.3 is 10.2 Å². The van der Waals surface area contributed by atoms with Crippen LogP contribution in [-0.2, 0) is 0 Å². The van der Waals surface area contributed by atoms with Crippen molar-refractivity contribution in [2.45, 2.75) is 83.6 Å². The molecule has 1 heterocycles. The maximum Gasteiger partial charge on any atom is 0.00884 e. The quantitative estimate of drug-likeness (QED) is 0.565. The summed E-state index contributed by atoms with van der Waals surface area (Å²) in [7, 11) is 2.10. The van der Waals surface area contributed by atoms with Crippen molar-refractivity contribution in [3.63, 3.8) is 0 Å². The Bertz CT molecular complexity index is 186. The highest BCUT2D eigenvalue weighted by atomic mass is 15.1. The lowest BCUT2D eigenvalue weighted by molar-refractivity contribution is 0.198. The molecule has 19 heavy (non-hydrogen) atoms. The predicted octanol–water partition coefficient (Wildman–Crippen LogP) is 4.20. The molecule has 0 radical (unpaired) electrons. The number of hydrogen-bond donors (Lipinski definition) is 1. The Hall–Kier alpha value is -0.0800. The van der Waals surface area contributed by atoms with Gasteiger partial charge in [0.05, 0.1) is 0 Å². The topological polar surface area (TPSA) is 15.3 Å². The highest BCUT2D eigenvalue weighted by Gasteiger charge is 2.16. The fourth-order valence-electron chi connectivity index (χ4n) is 3.09. The second-order valence-electron chi connectivity index (χ2n) is 6.23. The summed E-state index contributed by atoms with van der Waals surface area (Å²) in [5.74, 6) is 0. The summed E-state index contributed by atoms with van der Waals surface area (Å²) < 4.78 is 0. The number of likely N-dealkylation sites (tertiary alicyclic amines) is 1. The Labute approximate surface area is 121 Å². The molecule has 0 aromatic heterocycles. The molecule has 1 N–H and O–H groups in total. The van der Waals surface area contributed by atoms with Crippen LogP contribution < -0.4 is 5.32 Å². The third-order valence-corrected chi connectivity index (χ3v) is 4.57. The second-order valence-corrected chi connectivity index (χ2v) is 6.23. The fourth-order valence-corrected chi connectivity index (χ4v) is 3.09. The molecule has 1 saturated heterocycles. The monoisotopic (exact) mass is 268 g/mol. The number of nitrogens with one attached hydrogen (secondary N) is 1. The predicted molar refractivity (Wildman–Crippen MR) is 85.7 cm³/mol. The summed E-state index contributed by atoms with van der Waals surface area (Å²) in [5, 5.41) is 3.40. The van der Waals surface area contributed by atoms with Gasteiger partial charge in [0.15, 0.2) is 0 Å². The van der Waals surface area contributed by atoms with Gasteiger partial charge in [0, 0.05) is 6.04 Å². The third kappa shape index (κ3) is 8.65. The van der Waals surface area contributed by atoms with Gasteiger partial charge >= 0.3 is 0 Å². The van der Waals surface area contributed by atoms with Crippen LogP contribution in [0.2, 0.25) is 0 Å². The van der Waals surface area contributed by atoms with E-state index < -0.39 is 0 Å². The van der Waals surface area contributed by atoms with Crippen LogP contribution in [0.1, 0.15) is 77.6 Å². The molecule has 114 valence electrons. The normalized spacial score (nSPS) is 18.0. The standard InChI is InChI=1S/C17H36N2/c1-3-4-5-6-7-8-9-10-11-14-19-15-12-17(18-2)13-16-19/h17-18H,3-16H2,1-2H3. The van der Waals surface area contributed by atoms with Crippen LogP contribution in [0.15, 0.2) is 0 Å². The number of rotatable bonds is 11. The zero-order chi connectivity index (χ0) is 13.8. The van der Waals surface area contributed by atoms with E-state index in [1.807, 2.05) is 0 Å². The first-order chi connectivity index (χ1) is 9.36. The molecular weight excluding hydrogens is 232 g/mol. The van der Waals surface area contributed by atoms with Crippen molar-refractivity contribution in [1.29, 1.82) is 0 Å². The highest BCUT2D eigenvalue weighted by molar-refractivity contribution is 4.75. The molecule has 0 saturated carbocycles. The first-order valence-corrected chi connectivity index (χ1v) is 8.76. The van der Waals surface area contributed by atoms with Crippen LogP contribution in [-0.4, -0.2) is 37.6 Å². The van der Waals surface area contributed by atoms with Crippen LogP contribution >= 0.6 is 0 Å². The van der Waals surface area contributed by atoms with Gasteiger partial charge in [-0.15, -0.1) is 0 Å². The van der Waals surface area contributed by atoms with Gasteiger partial charge in [-0.3, -0.25) is 0 Å². The Morgan fingerprint density at radius 3 is 1.89 bits per heavy atom. The van der Waals surface area contributed by atoms with Crippen molar-refractivity contribution >= 4 is 0 Å². The first-order valence-electron chi connectivity index (χ1n) is 8.76. The smallest absolute Gasteiger partial charge is 0.00884 e. The van der Waals surface area contributed by atoms with Gasteiger partial charge in [-0.2, -0.15) is 0 Å². The van der Waals surface area contributed by atoms with E-state index in [0.29, 0.717) is 0 Å². The van der Waals surface area contributed by atoms with Crippen LogP contribution in [0, 0.1) is 0 Å². The summed E-state index contributed by atoms with van der Waals surface area (Å²) in [6, 6.07) is 0.777. The largest absolute Gasteiger partial charge is 0.317 e. The average Bonchev–Trinajstić information content (AvgIpc) is 2.46. The van der Waals surface area contributed by atoms with Crippen molar-refractivity contribution in [1.82, 2.24) is 10.2 Å². The Balaban J connectivity index is 1.81. The van der Waals surface area contributed by atoms with E-state index in [-0.39, 0.29) is 0 Å². The maximum atomic E-state index is 3.40. The van der Waals surface area contributed by atoms with Crippen LogP contribution in [0.5, 0.6) is 0 Å². The van der Waals surface area contributed by atoms with E-state index in [1.165, 1.54) is 90.3 Å². The Kier molecular flexibility index (Phi) is 10.5. The van der Waals surface area contributed by atoms with E-state index in [2.05, 4.69) is 24.2 Å². The van der Waals surface area contributed by atoms with Crippen molar-refractivity contribution in [3.05, 3.63) is 0 Å². The maximum absolute atomic E-state index is 3.40. The molecule has 1 fully saturated rings. The van der Waals surface area contributed by atoms with Gasteiger partial charge in [-0.1, -0.05) is 58.3 Å². The van der Waals surface area contributed by atoms with Gasteiger partial charge in [0.2, 0.25) is 0 Å². The van der Waals surface area contributed by atoms with Crippen molar-refractivity contribution in [2.24, 2.45) is 0 Å². The van der Waals surface area contributed by atoms with Crippen molar-refractivity contribution in [3.8, 4) is 0 Å². The molecule has 0 bridgehead atoms. The summed E-state index contributed by atoms with van der Waals surface area (Å²) in [6.45, 7) is 6.25. The molecule has 2 heteroatoms.